The average molecular weight is 486 g/mol. The molecule has 0 bridgehead atoms. The predicted octanol–water partition coefficient (Wildman–Crippen LogP) is 4.35. The number of pyridine rings is 1. The number of ether oxygens (including phenoxy) is 1. The van der Waals surface area contributed by atoms with Crippen molar-refractivity contribution in [3.63, 3.8) is 0 Å². The normalized spacial score (nSPS) is 16.8. The maximum absolute atomic E-state index is 13.0. The van der Waals surface area contributed by atoms with Crippen molar-refractivity contribution in [2.24, 2.45) is 5.92 Å². The van der Waals surface area contributed by atoms with E-state index >= 15 is 0 Å². The Morgan fingerprint density at radius 1 is 1.12 bits per heavy atom. The number of amides is 1. The molecule has 1 N–H and O–H groups in total. The number of nitrogens with zero attached hydrogens (tertiary/aromatic N) is 2. The first kappa shape index (κ1) is 23.2. The van der Waals surface area contributed by atoms with Crippen molar-refractivity contribution in [2.75, 3.05) is 18.4 Å². The van der Waals surface area contributed by atoms with Gasteiger partial charge in [-0.15, -0.1) is 0 Å². The Labute approximate surface area is 198 Å². The van der Waals surface area contributed by atoms with Crippen LogP contribution in [0, 0.1) is 5.92 Å². The van der Waals surface area contributed by atoms with Crippen LogP contribution in [0.2, 0.25) is 5.02 Å². The van der Waals surface area contributed by atoms with Gasteiger partial charge in [-0.1, -0.05) is 23.7 Å². The van der Waals surface area contributed by atoms with Crippen LogP contribution in [0.3, 0.4) is 0 Å². The molecule has 0 aliphatic carbocycles. The Bertz CT molecular complexity index is 1200. The summed E-state index contributed by atoms with van der Waals surface area (Å²) in [4.78, 5) is 17.3. The van der Waals surface area contributed by atoms with Crippen LogP contribution < -0.4 is 10.1 Å². The lowest BCUT2D eigenvalue weighted by Gasteiger charge is -2.31. The fourth-order valence-electron chi connectivity index (χ4n) is 3.68. The Kier molecular flexibility index (Phi) is 7.27. The number of nitrogens with one attached hydrogen (secondary N) is 1. The summed E-state index contributed by atoms with van der Waals surface area (Å²) in [6.07, 6.45) is 2.93. The van der Waals surface area contributed by atoms with Gasteiger partial charge in [0.1, 0.15) is 12.4 Å². The molecular weight excluding hydrogens is 462 g/mol. The van der Waals surface area contributed by atoms with Crippen molar-refractivity contribution in [2.45, 2.75) is 24.3 Å². The second-order valence-corrected chi connectivity index (χ2v) is 10.2. The van der Waals surface area contributed by atoms with Crippen molar-refractivity contribution in [1.29, 1.82) is 0 Å². The largest absolute Gasteiger partial charge is 0.487 e. The van der Waals surface area contributed by atoms with E-state index in [0.717, 1.165) is 5.69 Å². The first-order valence-corrected chi connectivity index (χ1v) is 12.4. The van der Waals surface area contributed by atoms with E-state index in [2.05, 4.69) is 10.3 Å². The molecule has 3 aromatic rings. The zero-order chi connectivity index (χ0) is 23.3. The molecule has 0 radical (unpaired) electrons. The summed E-state index contributed by atoms with van der Waals surface area (Å²) in [5.74, 6) is -0.0548. The van der Waals surface area contributed by atoms with Crippen LogP contribution in [0.4, 0.5) is 5.69 Å². The lowest BCUT2D eigenvalue weighted by Crippen LogP contribution is -2.43. The summed E-state index contributed by atoms with van der Waals surface area (Å²) < 4.78 is 33.1. The van der Waals surface area contributed by atoms with Crippen LogP contribution in [0.15, 0.2) is 77.8 Å². The number of halogens is 1. The molecule has 1 fully saturated rings. The highest BCUT2D eigenvalue weighted by molar-refractivity contribution is 7.89. The van der Waals surface area contributed by atoms with Crippen molar-refractivity contribution in [3.8, 4) is 5.75 Å². The maximum Gasteiger partial charge on any atom is 0.243 e. The molecule has 1 amide bonds. The van der Waals surface area contributed by atoms with Crippen molar-refractivity contribution in [3.05, 3.63) is 83.6 Å². The molecule has 2 heterocycles. The Morgan fingerprint density at radius 3 is 2.70 bits per heavy atom. The summed E-state index contributed by atoms with van der Waals surface area (Å²) >= 11 is 5.88. The smallest absolute Gasteiger partial charge is 0.243 e. The van der Waals surface area contributed by atoms with Gasteiger partial charge in [-0.2, -0.15) is 4.31 Å². The van der Waals surface area contributed by atoms with E-state index in [4.69, 9.17) is 16.3 Å². The molecule has 172 valence electrons. The van der Waals surface area contributed by atoms with Crippen LogP contribution in [0.1, 0.15) is 18.5 Å². The van der Waals surface area contributed by atoms with Gasteiger partial charge in [0.25, 0.3) is 0 Å². The fourth-order valence-corrected chi connectivity index (χ4v) is 5.33. The van der Waals surface area contributed by atoms with Gasteiger partial charge in [0.2, 0.25) is 15.9 Å². The molecule has 7 nitrogen and oxygen atoms in total. The number of benzene rings is 2. The fraction of sp³-hybridized carbons (Fsp3) is 0.250. The van der Waals surface area contributed by atoms with E-state index in [1.54, 1.807) is 42.6 Å². The lowest BCUT2D eigenvalue weighted by atomic mass is 9.98. The third kappa shape index (κ3) is 5.90. The molecule has 0 saturated carbocycles. The molecule has 33 heavy (non-hydrogen) atoms. The molecule has 1 saturated heterocycles. The number of piperidine rings is 1. The molecule has 9 heteroatoms. The Balaban J connectivity index is 1.38. The number of carbonyl (C=O) groups excluding carboxylic acids is 1. The summed E-state index contributed by atoms with van der Waals surface area (Å²) in [6.45, 7) is 0.830. The third-order valence-corrected chi connectivity index (χ3v) is 7.55. The van der Waals surface area contributed by atoms with Crippen molar-refractivity contribution in [1.82, 2.24) is 9.29 Å². The summed E-state index contributed by atoms with van der Waals surface area (Å²) in [6, 6.07) is 18.8. The number of hydrogen-bond donors (Lipinski definition) is 1. The van der Waals surface area contributed by atoms with Crippen LogP contribution in [-0.4, -0.2) is 36.7 Å². The molecule has 4 rings (SSSR count). The number of aromatic nitrogens is 1. The van der Waals surface area contributed by atoms with Crippen molar-refractivity contribution >= 4 is 33.2 Å². The highest BCUT2D eigenvalue weighted by Gasteiger charge is 2.33. The van der Waals surface area contributed by atoms with E-state index in [0.29, 0.717) is 42.5 Å². The predicted molar refractivity (Wildman–Crippen MR) is 127 cm³/mol. The second-order valence-electron chi connectivity index (χ2n) is 7.78. The molecule has 1 aliphatic heterocycles. The number of hydrogen-bond acceptors (Lipinski definition) is 5. The Morgan fingerprint density at radius 2 is 1.94 bits per heavy atom. The zero-order valence-electron chi connectivity index (χ0n) is 17.9. The molecule has 2 aromatic carbocycles. The van der Waals surface area contributed by atoms with Gasteiger partial charge < -0.3 is 10.1 Å². The van der Waals surface area contributed by atoms with Gasteiger partial charge in [-0.25, -0.2) is 8.42 Å². The maximum atomic E-state index is 13.0. The van der Waals surface area contributed by atoms with Gasteiger partial charge in [0, 0.05) is 36.1 Å². The van der Waals surface area contributed by atoms with E-state index in [9.17, 15) is 13.2 Å². The van der Waals surface area contributed by atoms with Crippen LogP contribution in [0.25, 0.3) is 0 Å². The third-order valence-electron chi connectivity index (χ3n) is 5.42. The van der Waals surface area contributed by atoms with Gasteiger partial charge in [0.15, 0.2) is 0 Å². The first-order chi connectivity index (χ1) is 15.9. The lowest BCUT2D eigenvalue weighted by molar-refractivity contribution is -0.120. The van der Waals surface area contributed by atoms with E-state index < -0.39 is 15.9 Å². The topological polar surface area (TPSA) is 88.6 Å². The SMILES string of the molecule is O=C(Nc1cccc(OCc2ccccn2)c1)C1CCCN(S(=O)(=O)c2ccc(Cl)cc2)C1. The minimum atomic E-state index is -3.69. The van der Waals surface area contributed by atoms with Crippen LogP contribution in [-0.2, 0) is 21.4 Å². The van der Waals surface area contributed by atoms with E-state index in [-0.39, 0.29) is 17.3 Å². The van der Waals surface area contributed by atoms with Gasteiger partial charge in [-0.05, 0) is 61.4 Å². The van der Waals surface area contributed by atoms with Gasteiger partial charge in [-0.3, -0.25) is 9.78 Å². The highest BCUT2D eigenvalue weighted by atomic mass is 35.5. The second kappa shape index (κ2) is 10.3. The van der Waals surface area contributed by atoms with Crippen LogP contribution >= 0.6 is 11.6 Å². The van der Waals surface area contributed by atoms with Crippen LogP contribution in [0.5, 0.6) is 5.75 Å². The Hall–Kier alpha value is -2.94. The van der Waals surface area contributed by atoms with E-state index in [1.165, 1.54) is 16.4 Å². The van der Waals surface area contributed by atoms with Gasteiger partial charge in [0.05, 0.1) is 16.5 Å². The molecule has 1 aliphatic rings. The van der Waals surface area contributed by atoms with Crippen molar-refractivity contribution < 1.29 is 17.9 Å². The summed E-state index contributed by atoms with van der Waals surface area (Å²) in [5.41, 5.74) is 1.40. The average Bonchev–Trinajstić information content (AvgIpc) is 2.84. The monoisotopic (exact) mass is 485 g/mol. The quantitative estimate of drug-likeness (QED) is 0.537. The zero-order valence-corrected chi connectivity index (χ0v) is 19.4. The molecule has 1 aromatic heterocycles. The molecule has 0 spiro atoms. The number of rotatable bonds is 7. The number of carbonyl (C=O) groups is 1. The molecular formula is C24H24ClN3O4S. The summed E-state index contributed by atoms with van der Waals surface area (Å²) in [7, 11) is -3.69. The molecule has 1 unspecified atom stereocenters. The first-order valence-electron chi connectivity index (χ1n) is 10.6. The summed E-state index contributed by atoms with van der Waals surface area (Å²) in [5, 5.41) is 3.36. The number of anilines is 1. The molecule has 1 atom stereocenters. The van der Waals surface area contributed by atoms with Gasteiger partial charge >= 0.3 is 0 Å². The highest BCUT2D eigenvalue weighted by Crippen LogP contribution is 2.26. The minimum absolute atomic E-state index is 0.132. The standard InChI is InChI=1S/C24H24ClN3O4S/c25-19-9-11-23(12-10-19)33(30,31)28-14-4-5-18(16-28)24(29)27-20-7-3-8-22(15-20)32-17-21-6-1-2-13-26-21/h1-3,6-13,15,18H,4-5,14,16-17H2,(H,27,29). The van der Waals surface area contributed by atoms with E-state index in [1.807, 2.05) is 18.2 Å². The minimum Gasteiger partial charge on any atom is -0.487 e. The number of sulfonamides is 1.